The molecule has 25 heavy (non-hydrogen) atoms. The van der Waals surface area contributed by atoms with E-state index in [0.29, 0.717) is 22.6 Å². The molecule has 0 spiro atoms. The number of fused-ring (bicyclic) bond motifs is 1. The summed E-state index contributed by atoms with van der Waals surface area (Å²) in [5.41, 5.74) is 2.07. The second-order valence-electron chi connectivity index (χ2n) is 5.21. The van der Waals surface area contributed by atoms with Crippen LogP contribution in [-0.2, 0) is 4.79 Å². The monoisotopic (exact) mass is 370 g/mol. The maximum Gasteiger partial charge on any atom is 0.264 e. The van der Waals surface area contributed by atoms with Gasteiger partial charge in [-0.25, -0.2) is 0 Å². The lowest BCUT2D eigenvalue weighted by molar-refractivity contribution is -0.115. The van der Waals surface area contributed by atoms with E-state index in [4.69, 9.17) is 10.5 Å². The first-order valence-corrected chi connectivity index (χ1v) is 9.28. The van der Waals surface area contributed by atoms with E-state index in [1.54, 1.807) is 12.3 Å². The Morgan fingerprint density at radius 3 is 3.00 bits per heavy atom. The van der Waals surface area contributed by atoms with E-state index >= 15 is 0 Å². The van der Waals surface area contributed by atoms with E-state index < -0.39 is 0 Å². The average molecular weight is 370 g/mol. The number of nitrogens with one attached hydrogen (secondary N) is 2. The summed E-state index contributed by atoms with van der Waals surface area (Å²) in [5.74, 6) is 0.418. The Balaban J connectivity index is 2.04. The highest BCUT2D eigenvalue weighted by Gasteiger charge is 2.22. The fourth-order valence-electron chi connectivity index (χ4n) is 2.34. The van der Waals surface area contributed by atoms with Crippen molar-refractivity contribution in [1.29, 1.82) is 10.7 Å². The summed E-state index contributed by atoms with van der Waals surface area (Å²) in [4.78, 5) is 17.4. The number of aliphatic hydroxyl groups is 1. The predicted octanol–water partition coefficient (Wildman–Crippen LogP) is 2.72. The minimum Gasteiger partial charge on any atom is -0.396 e. The molecule has 0 radical (unpaired) electrons. The summed E-state index contributed by atoms with van der Waals surface area (Å²) in [6.07, 6.45) is 3.92. The molecule has 0 saturated carbocycles. The Bertz CT molecular complexity index is 934. The fraction of sp³-hybridized carbons (Fsp3) is 0.176. The third kappa shape index (κ3) is 3.85. The van der Waals surface area contributed by atoms with Crippen LogP contribution in [0.25, 0.3) is 17.0 Å². The smallest absolute Gasteiger partial charge is 0.264 e. The molecule has 2 heterocycles. The number of aromatic nitrogens is 1. The van der Waals surface area contributed by atoms with Gasteiger partial charge in [-0.15, -0.1) is 11.8 Å². The average Bonchev–Trinajstić information content (AvgIpc) is 2.92. The van der Waals surface area contributed by atoms with E-state index in [-0.39, 0.29) is 17.7 Å². The maximum atomic E-state index is 11.8. The van der Waals surface area contributed by atoms with Crippen LogP contribution in [0.2, 0.25) is 0 Å². The van der Waals surface area contributed by atoms with E-state index in [0.717, 1.165) is 33.1 Å². The van der Waals surface area contributed by atoms with Crippen LogP contribution in [0.1, 0.15) is 17.5 Å². The minimum atomic E-state index is -0.281. The SMILES string of the molecule is N#Cc1cnc2ccc(/C=C3\SC(=N)NC3=O)cc2c1SCCCO. The summed E-state index contributed by atoms with van der Waals surface area (Å²) >= 11 is 2.60. The van der Waals surface area contributed by atoms with E-state index in [2.05, 4.69) is 16.4 Å². The van der Waals surface area contributed by atoms with Crippen LogP contribution < -0.4 is 5.32 Å². The van der Waals surface area contributed by atoms with Crippen molar-refractivity contribution in [2.24, 2.45) is 0 Å². The van der Waals surface area contributed by atoms with Crippen molar-refractivity contribution in [2.75, 3.05) is 12.4 Å². The van der Waals surface area contributed by atoms with Crippen LogP contribution in [0.15, 0.2) is 34.2 Å². The maximum absolute atomic E-state index is 11.8. The Labute approximate surface area is 152 Å². The molecule has 1 fully saturated rings. The number of aliphatic hydroxyl groups excluding tert-OH is 1. The molecule has 1 aromatic heterocycles. The number of hydrogen-bond acceptors (Lipinski definition) is 7. The van der Waals surface area contributed by atoms with E-state index in [9.17, 15) is 10.1 Å². The number of rotatable bonds is 5. The van der Waals surface area contributed by atoms with Gasteiger partial charge in [-0.2, -0.15) is 5.26 Å². The second-order valence-corrected chi connectivity index (χ2v) is 7.37. The van der Waals surface area contributed by atoms with E-state index in [1.807, 2.05) is 18.2 Å². The van der Waals surface area contributed by atoms with Crippen molar-refractivity contribution in [3.8, 4) is 6.07 Å². The van der Waals surface area contributed by atoms with E-state index in [1.165, 1.54) is 11.8 Å². The normalized spacial score (nSPS) is 15.6. The van der Waals surface area contributed by atoms with Crippen molar-refractivity contribution in [2.45, 2.75) is 11.3 Å². The molecule has 8 heteroatoms. The zero-order valence-electron chi connectivity index (χ0n) is 13.1. The van der Waals surface area contributed by atoms with Gasteiger partial charge in [0.1, 0.15) is 6.07 Å². The van der Waals surface area contributed by atoms with Gasteiger partial charge in [0.05, 0.1) is 16.0 Å². The van der Waals surface area contributed by atoms with Gasteiger partial charge in [0.2, 0.25) is 0 Å². The van der Waals surface area contributed by atoms with Gasteiger partial charge >= 0.3 is 0 Å². The van der Waals surface area contributed by atoms with Crippen LogP contribution >= 0.6 is 23.5 Å². The van der Waals surface area contributed by atoms with Gasteiger partial charge in [-0.05, 0) is 42.0 Å². The molecule has 0 bridgehead atoms. The van der Waals surface area contributed by atoms with Gasteiger partial charge in [-0.1, -0.05) is 6.07 Å². The summed E-state index contributed by atoms with van der Waals surface area (Å²) in [6.45, 7) is 0.105. The Kier molecular flexibility index (Phi) is 5.38. The zero-order valence-corrected chi connectivity index (χ0v) is 14.7. The van der Waals surface area contributed by atoms with Crippen molar-refractivity contribution < 1.29 is 9.90 Å². The van der Waals surface area contributed by atoms with Crippen LogP contribution in [0.5, 0.6) is 0 Å². The second kappa shape index (κ2) is 7.70. The van der Waals surface area contributed by atoms with Gasteiger partial charge in [0.25, 0.3) is 5.91 Å². The third-order valence-electron chi connectivity index (χ3n) is 3.47. The largest absolute Gasteiger partial charge is 0.396 e. The summed E-state index contributed by atoms with van der Waals surface area (Å²) < 4.78 is 0. The van der Waals surface area contributed by atoms with Gasteiger partial charge in [0, 0.05) is 28.8 Å². The quantitative estimate of drug-likeness (QED) is 0.424. The minimum absolute atomic E-state index is 0.105. The van der Waals surface area contributed by atoms with Crippen LogP contribution in [0.3, 0.4) is 0 Å². The summed E-state index contributed by atoms with van der Waals surface area (Å²) in [6, 6.07) is 7.76. The molecule has 1 saturated heterocycles. The number of amidine groups is 1. The molecular formula is C17H14N4O2S2. The third-order valence-corrected chi connectivity index (χ3v) is 5.52. The number of pyridine rings is 1. The number of thioether (sulfide) groups is 2. The van der Waals surface area contributed by atoms with Gasteiger partial charge in [-0.3, -0.25) is 15.2 Å². The molecule has 1 aliphatic heterocycles. The fourth-order valence-corrected chi connectivity index (χ4v) is 4.10. The lowest BCUT2D eigenvalue weighted by Crippen LogP contribution is -2.18. The number of carbonyl (C=O) groups excluding carboxylic acids is 1. The number of hydrogen-bond donors (Lipinski definition) is 3. The van der Waals surface area contributed by atoms with Crippen LogP contribution in [-0.4, -0.2) is 33.5 Å². The van der Waals surface area contributed by atoms with Crippen molar-refractivity contribution in [3.63, 3.8) is 0 Å². The first kappa shape index (κ1) is 17.5. The number of carbonyl (C=O) groups is 1. The van der Waals surface area contributed by atoms with Crippen LogP contribution in [0.4, 0.5) is 0 Å². The number of amides is 1. The molecule has 1 amide bonds. The summed E-state index contributed by atoms with van der Waals surface area (Å²) in [7, 11) is 0. The molecule has 3 rings (SSSR count). The van der Waals surface area contributed by atoms with Crippen molar-refractivity contribution in [3.05, 3.63) is 40.4 Å². The Hall–Kier alpha value is -2.34. The molecule has 0 aliphatic carbocycles. The molecule has 126 valence electrons. The molecule has 6 nitrogen and oxygen atoms in total. The van der Waals surface area contributed by atoms with Crippen molar-refractivity contribution in [1.82, 2.24) is 10.3 Å². The van der Waals surface area contributed by atoms with Crippen LogP contribution in [0, 0.1) is 16.7 Å². The standard InChI is InChI=1S/C17H14N4O2S2/c18-8-11-9-20-13-3-2-10(7-14-16(23)21-17(19)25-14)6-12(13)15(11)24-5-1-4-22/h2-3,6-7,9,22H,1,4-5H2,(H2,19,21,23)/b14-7-. The Morgan fingerprint density at radius 1 is 1.48 bits per heavy atom. The highest BCUT2D eigenvalue weighted by molar-refractivity contribution is 8.18. The highest BCUT2D eigenvalue weighted by atomic mass is 32.2. The first-order chi connectivity index (χ1) is 12.1. The summed E-state index contributed by atoms with van der Waals surface area (Å²) in [5, 5.41) is 29.2. The van der Waals surface area contributed by atoms with Gasteiger partial charge < -0.3 is 10.4 Å². The molecule has 0 unspecified atom stereocenters. The molecule has 1 aromatic carbocycles. The molecule has 3 N–H and O–H groups in total. The predicted molar refractivity (Wildman–Crippen MR) is 100 cm³/mol. The lowest BCUT2D eigenvalue weighted by Gasteiger charge is -2.08. The number of nitriles is 1. The van der Waals surface area contributed by atoms with Crippen molar-refractivity contribution >= 4 is 51.6 Å². The lowest BCUT2D eigenvalue weighted by atomic mass is 10.1. The topological polar surface area (TPSA) is 110 Å². The Morgan fingerprint density at radius 2 is 2.32 bits per heavy atom. The number of benzene rings is 1. The first-order valence-electron chi connectivity index (χ1n) is 7.48. The molecule has 2 aromatic rings. The molecule has 0 atom stereocenters. The highest BCUT2D eigenvalue weighted by Crippen LogP contribution is 2.32. The van der Waals surface area contributed by atoms with Gasteiger partial charge in [0.15, 0.2) is 5.17 Å². The molecular weight excluding hydrogens is 356 g/mol. The zero-order chi connectivity index (χ0) is 17.8. The molecule has 1 aliphatic rings. The number of nitrogens with zero attached hydrogens (tertiary/aromatic N) is 2.